The largest absolute Gasteiger partial charge is 0.484 e. The topological polar surface area (TPSA) is 72.6 Å². The van der Waals surface area contributed by atoms with Crippen LogP contribution in [0.2, 0.25) is 0 Å². The Bertz CT molecular complexity index is 519. The Balaban J connectivity index is 2.22. The van der Waals surface area contributed by atoms with Crippen LogP contribution in [0.25, 0.3) is 0 Å². The third kappa shape index (κ3) is 2.44. The van der Waals surface area contributed by atoms with Crippen molar-refractivity contribution in [3.8, 4) is 5.75 Å². The molecule has 2 aromatic rings. The van der Waals surface area contributed by atoms with Crippen molar-refractivity contribution in [1.29, 1.82) is 0 Å². The summed E-state index contributed by atoms with van der Waals surface area (Å²) < 4.78 is 10.3. The molecule has 1 heterocycles. The van der Waals surface area contributed by atoms with Gasteiger partial charge in [0.2, 0.25) is 0 Å². The highest BCUT2D eigenvalue weighted by atomic mass is 16.5. The lowest BCUT2D eigenvalue weighted by Crippen LogP contribution is -2.04. The number of rotatable bonds is 4. The Morgan fingerprint density at radius 3 is 2.94 bits per heavy atom. The van der Waals surface area contributed by atoms with E-state index in [1.165, 1.54) is 12.3 Å². The first kappa shape index (κ1) is 11.2. The van der Waals surface area contributed by atoms with Gasteiger partial charge in [-0.2, -0.15) is 0 Å². The Hall–Kier alpha value is -2.30. The minimum atomic E-state index is -1.01. The zero-order valence-electron chi connectivity index (χ0n) is 9.21. The molecule has 0 aliphatic heterocycles. The fraction of sp³-hybridized carbons (Fsp3) is 0.167. The molecule has 0 spiro atoms. The number of hydrogen-bond acceptors (Lipinski definition) is 4. The van der Waals surface area contributed by atoms with Crippen LogP contribution >= 0.6 is 0 Å². The average molecular weight is 233 g/mol. The van der Waals surface area contributed by atoms with Crippen molar-refractivity contribution in [3.05, 3.63) is 47.3 Å². The van der Waals surface area contributed by atoms with E-state index in [1.54, 1.807) is 25.1 Å². The van der Waals surface area contributed by atoms with Crippen molar-refractivity contribution < 1.29 is 19.2 Å². The van der Waals surface area contributed by atoms with Crippen LogP contribution in [0.3, 0.4) is 0 Å². The lowest BCUT2D eigenvalue weighted by atomic mass is 10.1. The van der Waals surface area contributed by atoms with E-state index in [-0.39, 0.29) is 12.2 Å². The van der Waals surface area contributed by atoms with Crippen molar-refractivity contribution in [2.24, 2.45) is 0 Å². The standard InChI is InChI=1S/C12H11NO4/c1-8-3-2-4-10(12(14)15)11(8)16-7-9-5-6-13-17-9/h2-6H,7H2,1H3,(H,14,15). The molecule has 0 saturated heterocycles. The normalized spacial score (nSPS) is 10.2. The number of carboxylic acid groups (broad SMARTS) is 1. The van der Waals surface area contributed by atoms with E-state index >= 15 is 0 Å². The number of benzene rings is 1. The molecule has 0 bridgehead atoms. The SMILES string of the molecule is Cc1cccc(C(=O)O)c1OCc1ccno1. The van der Waals surface area contributed by atoms with Gasteiger partial charge in [0.15, 0.2) is 5.76 Å². The van der Waals surface area contributed by atoms with Crippen molar-refractivity contribution in [3.63, 3.8) is 0 Å². The lowest BCUT2D eigenvalue weighted by molar-refractivity contribution is 0.0691. The molecule has 1 N–H and O–H groups in total. The highest BCUT2D eigenvalue weighted by Gasteiger charge is 2.13. The third-order valence-electron chi connectivity index (χ3n) is 2.29. The van der Waals surface area contributed by atoms with Crippen molar-refractivity contribution in [2.75, 3.05) is 0 Å². The maximum atomic E-state index is 11.0. The van der Waals surface area contributed by atoms with E-state index in [4.69, 9.17) is 14.4 Å². The van der Waals surface area contributed by atoms with Gasteiger partial charge in [0.1, 0.15) is 17.9 Å². The fourth-order valence-electron chi connectivity index (χ4n) is 1.47. The summed E-state index contributed by atoms with van der Waals surface area (Å²) in [6, 6.07) is 6.64. The molecule has 0 fully saturated rings. The first-order chi connectivity index (χ1) is 8.18. The monoisotopic (exact) mass is 233 g/mol. The summed E-state index contributed by atoms with van der Waals surface area (Å²) in [5, 5.41) is 12.6. The number of aryl methyl sites for hydroxylation is 1. The number of hydrogen-bond donors (Lipinski definition) is 1. The minimum absolute atomic E-state index is 0.143. The van der Waals surface area contributed by atoms with Crippen LogP contribution < -0.4 is 4.74 Å². The maximum absolute atomic E-state index is 11.0. The first-order valence-corrected chi connectivity index (χ1v) is 5.04. The van der Waals surface area contributed by atoms with Crippen LogP contribution in [0.5, 0.6) is 5.75 Å². The van der Waals surface area contributed by atoms with Crippen LogP contribution in [-0.2, 0) is 6.61 Å². The quantitative estimate of drug-likeness (QED) is 0.876. The van der Waals surface area contributed by atoms with Crippen molar-refractivity contribution in [2.45, 2.75) is 13.5 Å². The maximum Gasteiger partial charge on any atom is 0.339 e. The predicted octanol–water partition coefficient (Wildman–Crippen LogP) is 2.26. The Kier molecular flexibility index (Phi) is 3.09. The second kappa shape index (κ2) is 4.69. The molecule has 0 saturated carbocycles. The van der Waals surface area contributed by atoms with Crippen molar-refractivity contribution in [1.82, 2.24) is 5.16 Å². The molecule has 0 unspecified atom stereocenters. The summed E-state index contributed by atoms with van der Waals surface area (Å²) in [5.74, 6) is -0.109. The Morgan fingerprint density at radius 2 is 2.29 bits per heavy atom. The van der Waals surface area contributed by atoms with Crippen LogP contribution in [0, 0.1) is 6.92 Å². The van der Waals surface area contributed by atoms with Gasteiger partial charge in [0.05, 0.1) is 6.20 Å². The second-order valence-corrected chi connectivity index (χ2v) is 3.52. The lowest BCUT2D eigenvalue weighted by Gasteiger charge is -2.10. The molecular weight excluding hydrogens is 222 g/mol. The van der Waals surface area contributed by atoms with Crippen molar-refractivity contribution >= 4 is 5.97 Å². The Labute approximate surface area is 97.6 Å². The van der Waals surface area contributed by atoms with Gasteiger partial charge >= 0.3 is 5.97 Å². The summed E-state index contributed by atoms with van der Waals surface area (Å²) in [5.41, 5.74) is 0.911. The summed E-state index contributed by atoms with van der Waals surface area (Å²) >= 11 is 0. The van der Waals surface area contributed by atoms with E-state index in [0.717, 1.165) is 5.56 Å². The number of carboxylic acids is 1. The smallest absolute Gasteiger partial charge is 0.339 e. The molecule has 5 nitrogen and oxygen atoms in total. The summed E-state index contributed by atoms with van der Waals surface area (Å²) in [4.78, 5) is 11.0. The molecule has 0 aliphatic rings. The highest BCUT2D eigenvalue weighted by molar-refractivity contribution is 5.91. The molecule has 2 rings (SSSR count). The molecule has 0 radical (unpaired) electrons. The van der Waals surface area contributed by atoms with E-state index in [9.17, 15) is 4.79 Å². The Morgan fingerprint density at radius 1 is 1.47 bits per heavy atom. The molecule has 0 aliphatic carbocycles. The zero-order valence-corrected chi connectivity index (χ0v) is 9.21. The molecule has 5 heteroatoms. The molecule has 0 atom stereocenters. The van der Waals surface area contributed by atoms with Gasteiger partial charge < -0.3 is 14.4 Å². The van der Waals surface area contributed by atoms with E-state index < -0.39 is 5.97 Å². The predicted molar refractivity (Wildman–Crippen MR) is 59.0 cm³/mol. The van der Waals surface area contributed by atoms with Gasteiger partial charge in [-0.1, -0.05) is 17.3 Å². The van der Waals surface area contributed by atoms with Crippen LogP contribution in [-0.4, -0.2) is 16.2 Å². The number of ether oxygens (including phenoxy) is 1. The summed E-state index contributed by atoms with van der Waals surface area (Å²) in [6.07, 6.45) is 1.51. The van der Waals surface area contributed by atoms with E-state index in [2.05, 4.69) is 5.16 Å². The molecule has 88 valence electrons. The first-order valence-electron chi connectivity index (χ1n) is 5.04. The molecular formula is C12H11NO4. The third-order valence-corrected chi connectivity index (χ3v) is 2.29. The zero-order chi connectivity index (χ0) is 12.3. The molecule has 1 aromatic heterocycles. The van der Waals surface area contributed by atoms with Gasteiger partial charge in [-0.25, -0.2) is 4.79 Å². The van der Waals surface area contributed by atoms with Gasteiger partial charge in [0, 0.05) is 6.07 Å². The van der Waals surface area contributed by atoms with Crippen LogP contribution in [0.1, 0.15) is 21.7 Å². The van der Waals surface area contributed by atoms with Gasteiger partial charge in [-0.05, 0) is 18.6 Å². The van der Waals surface area contributed by atoms with Gasteiger partial charge in [0.25, 0.3) is 0 Å². The summed E-state index contributed by atoms with van der Waals surface area (Å²) in [6.45, 7) is 1.95. The summed E-state index contributed by atoms with van der Waals surface area (Å²) in [7, 11) is 0. The number of para-hydroxylation sites is 1. The number of aromatic carboxylic acids is 1. The number of carbonyl (C=O) groups is 1. The van der Waals surface area contributed by atoms with Crippen LogP contribution in [0.15, 0.2) is 35.0 Å². The fourth-order valence-corrected chi connectivity index (χ4v) is 1.47. The van der Waals surface area contributed by atoms with Gasteiger partial charge in [-0.15, -0.1) is 0 Å². The van der Waals surface area contributed by atoms with E-state index in [0.29, 0.717) is 11.5 Å². The number of aromatic nitrogens is 1. The highest BCUT2D eigenvalue weighted by Crippen LogP contribution is 2.24. The minimum Gasteiger partial charge on any atom is -0.484 e. The number of nitrogens with zero attached hydrogens (tertiary/aromatic N) is 1. The van der Waals surface area contributed by atoms with Gasteiger partial charge in [-0.3, -0.25) is 0 Å². The average Bonchev–Trinajstić information content (AvgIpc) is 2.80. The van der Waals surface area contributed by atoms with Crippen LogP contribution in [0.4, 0.5) is 0 Å². The second-order valence-electron chi connectivity index (χ2n) is 3.52. The molecule has 1 aromatic carbocycles. The van der Waals surface area contributed by atoms with E-state index in [1.807, 2.05) is 0 Å². The molecule has 0 amide bonds. The molecule has 17 heavy (non-hydrogen) atoms.